The summed E-state index contributed by atoms with van der Waals surface area (Å²) in [4.78, 5) is 46.0. The summed E-state index contributed by atoms with van der Waals surface area (Å²) in [6.45, 7) is 29.4. The molecule has 256 valence electrons. The third-order valence-corrected chi connectivity index (χ3v) is 6.34. The molecule has 0 bridgehead atoms. The van der Waals surface area contributed by atoms with Crippen LogP contribution in [-0.2, 0) is 38.1 Å². The van der Waals surface area contributed by atoms with Gasteiger partial charge in [0, 0.05) is 0 Å². The highest BCUT2D eigenvalue weighted by molar-refractivity contribution is 9.20. The largest absolute Gasteiger partial charge is 0.459 e. The van der Waals surface area contributed by atoms with Gasteiger partial charge in [-0.25, -0.2) is 4.79 Å². The Balaban J connectivity index is -0.000000630. The molecule has 0 aromatic carbocycles. The number of carbonyl (C=O) groups excluding carboxylic acids is 4. The Labute approximate surface area is 285 Å². The van der Waals surface area contributed by atoms with Crippen molar-refractivity contribution < 1.29 is 38.1 Å². The highest BCUT2D eigenvalue weighted by Crippen LogP contribution is 2.20. The summed E-state index contributed by atoms with van der Waals surface area (Å²) in [6, 6.07) is -1.56. The molecule has 1 amide bonds. The van der Waals surface area contributed by atoms with Crippen molar-refractivity contribution in [1.29, 1.82) is 0 Å². The summed E-state index contributed by atoms with van der Waals surface area (Å²) in [6.07, 6.45) is 0. The Morgan fingerprint density at radius 3 is 1.21 bits per heavy atom. The monoisotopic (exact) mass is 810 g/mol. The smallest absolute Gasteiger partial charge is 0.331 e. The lowest BCUT2D eigenvalue weighted by atomic mass is 10.1. The summed E-state index contributed by atoms with van der Waals surface area (Å²) in [7, 11) is 0. The first-order chi connectivity index (χ1) is 18.6. The molecule has 0 rings (SSSR count). The van der Waals surface area contributed by atoms with Gasteiger partial charge in [-0.15, -0.1) is 0 Å². The van der Waals surface area contributed by atoms with Gasteiger partial charge in [0.15, 0.2) is 6.04 Å². The van der Waals surface area contributed by atoms with Gasteiger partial charge in [0.25, 0.3) is 0 Å². The van der Waals surface area contributed by atoms with Crippen LogP contribution in [0.25, 0.3) is 0 Å². The molecular weight excluding hydrogens is 756 g/mol. The van der Waals surface area contributed by atoms with Crippen molar-refractivity contribution in [1.82, 2.24) is 5.32 Å². The zero-order valence-electron chi connectivity index (χ0n) is 29.0. The molecule has 0 radical (unpaired) electrons. The lowest BCUT2D eigenvalue weighted by Gasteiger charge is -2.28. The van der Waals surface area contributed by atoms with Crippen LogP contribution >= 0.6 is 47.8 Å². The van der Waals surface area contributed by atoms with E-state index in [0.717, 1.165) is 0 Å². The van der Waals surface area contributed by atoms with Crippen molar-refractivity contribution in [3.8, 4) is 0 Å². The van der Waals surface area contributed by atoms with Crippen LogP contribution < -0.4 is 11.1 Å². The molecule has 43 heavy (non-hydrogen) atoms. The zero-order chi connectivity index (χ0) is 35.4. The molecule has 13 heteroatoms. The van der Waals surface area contributed by atoms with Crippen LogP contribution in [0.4, 0.5) is 0 Å². The van der Waals surface area contributed by atoms with E-state index in [1.165, 1.54) is 0 Å². The Hall–Kier alpha value is -0.600. The number of hydrogen-bond acceptors (Lipinski definition) is 9. The second-order valence-electron chi connectivity index (χ2n) is 14.8. The number of alkyl halides is 2. The average molecular weight is 814 g/mol. The molecule has 0 aromatic heterocycles. The molecule has 0 saturated carbocycles. The first-order valence-corrected chi connectivity index (χ1v) is 16.3. The molecule has 0 aliphatic heterocycles. The lowest BCUT2D eigenvalue weighted by molar-refractivity contribution is -0.162. The highest BCUT2D eigenvalue weighted by Gasteiger charge is 2.33. The summed E-state index contributed by atoms with van der Waals surface area (Å²) in [5.41, 5.74) is 3.81. The van der Waals surface area contributed by atoms with Crippen LogP contribution in [0, 0.1) is 0 Å². The van der Waals surface area contributed by atoms with Crippen molar-refractivity contribution in [2.75, 3.05) is 13.2 Å². The maximum absolute atomic E-state index is 12.2. The van der Waals surface area contributed by atoms with E-state index in [1.54, 1.807) is 48.5 Å². The van der Waals surface area contributed by atoms with E-state index in [4.69, 9.17) is 24.7 Å². The predicted molar refractivity (Wildman–Crippen MR) is 183 cm³/mol. The summed E-state index contributed by atoms with van der Waals surface area (Å²) < 4.78 is 20.3. The fraction of sp³-hybridized carbons (Fsp3) is 0.867. The van der Waals surface area contributed by atoms with Crippen molar-refractivity contribution in [2.24, 2.45) is 5.73 Å². The van der Waals surface area contributed by atoms with Gasteiger partial charge >= 0.3 is 11.9 Å². The third kappa shape index (κ3) is 31.2. The van der Waals surface area contributed by atoms with Crippen molar-refractivity contribution in [3.05, 3.63) is 0 Å². The van der Waals surface area contributed by atoms with Gasteiger partial charge < -0.3 is 30.0 Å². The fourth-order valence-corrected chi connectivity index (χ4v) is 2.10. The standard InChI is InChI=1S/C15H28BrNO4.C11H23NO3.C4H6Br2O/c1-13(2,3)20-9-10(11(18)21-14(4,5)6)17-12(19)15(7,8)16;1-10(2,3)14-7-8(12)9(13)15-11(4,5)6;1-4(2,6)3(5)7/h10H,9H2,1-8H3,(H,17,19);8H,7,12H2,1-6H3;1-2H3. The van der Waals surface area contributed by atoms with Gasteiger partial charge in [-0.3, -0.25) is 14.4 Å². The number of carbonyl (C=O) groups is 4. The Morgan fingerprint density at radius 1 is 0.605 bits per heavy atom. The van der Waals surface area contributed by atoms with E-state index in [1.807, 2.05) is 62.3 Å². The first kappa shape index (κ1) is 46.8. The Bertz CT molecular complexity index is 886. The van der Waals surface area contributed by atoms with E-state index < -0.39 is 49.5 Å². The van der Waals surface area contributed by atoms with Gasteiger partial charge in [0.2, 0.25) is 10.6 Å². The van der Waals surface area contributed by atoms with Crippen LogP contribution in [-0.4, -0.2) is 78.9 Å². The molecule has 10 nitrogen and oxygen atoms in total. The number of esters is 2. The SMILES string of the molecule is CC(C)(Br)C(=O)Br.CC(C)(C)OCC(N)C(=O)OC(C)(C)C.CC(C)(C)OCC(NC(=O)C(C)(C)Br)C(=O)OC(C)(C)C. The van der Waals surface area contributed by atoms with Gasteiger partial charge in [-0.05, 0) is 127 Å². The lowest BCUT2D eigenvalue weighted by Crippen LogP contribution is -2.51. The number of halogens is 3. The molecule has 0 fully saturated rings. The van der Waals surface area contributed by atoms with E-state index in [0.29, 0.717) is 0 Å². The van der Waals surface area contributed by atoms with E-state index >= 15 is 0 Å². The number of hydrogen-bond donors (Lipinski definition) is 2. The van der Waals surface area contributed by atoms with Crippen molar-refractivity contribution in [3.63, 3.8) is 0 Å². The molecule has 2 atom stereocenters. The highest BCUT2D eigenvalue weighted by atomic mass is 79.9. The minimum atomic E-state index is -0.840. The normalized spacial score (nSPS) is 14.1. The predicted octanol–water partition coefficient (Wildman–Crippen LogP) is 6.35. The molecule has 0 heterocycles. The zero-order valence-corrected chi connectivity index (χ0v) is 33.8. The molecule has 0 aliphatic carbocycles. The molecule has 3 N–H and O–H groups in total. The number of rotatable bonds is 9. The summed E-state index contributed by atoms with van der Waals surface area (Å²) >= 11 is 9.22. The van der Waals surface area contributed by atoms with Crippen LogP contribution in [0.2, 0.25) is 0 Å². The van der Waals surface area contributed by atoms with Crippen LogP contribution in [0.3, 0.4) is 0 Å². The van der Waals surface area contributed by atoms with Gasteiger partial charge in [-0.2, -0.15) is 0 Å². The molecule has 0 aromatic rings. The Morgan fingerprint density at radius 2 is 0.930 bits per heavy atom. The number of nitrogens with one attached hydrogen (secondary N) is 1. The summed E-state index contributed by atoms with van der Waals surface area (Å²) in [5.74, 6) is -1.22. The number of ether oxygens (including phenoxy) is 4. The molecule has 0 spiro atoms. The minimum Gasteiger partial charge on any atom is -0.459 e. The number of amides is 1. The van der Waals surface area contributed by atoms with Crippen LogP contribution in [0.15, 0.2) is 0 Å². The topological polar surface area (TPSA) is 143 Å². The van der Waals surface area contributed by atoms with E-state index in [9.17, 15) is 19.2 Å². The van der Waals surface area contributed by atoms with Crippen molar-refractivity contribution >= 4 is 70.3 Å². The maximum Gasteiger partial charge on any atom is 0.331 e. The van der Waals surface area contributed by atoms with Gasteiger partial charge in [-0.1, -0.05) is 31.9 Å². The summed E-state index contributed by atoms with van der Waals surface area (Å²) in [5, 5.41) is 2.67. The quantitative estimate of drug-likeness (QED) is 0.155. The van der Waals surface area contributed by atoms with E-state index in [-0.39, 0.29) is 29.4 Å². The molecule has 0 aliphatic rings. The van der Waals surface area contributed by atoms with Gasteiger partial charge in [0.1, 0.15) is 17.2 Å². The van der Waals surface area contributed by atoms with Crippen LogP contribution in [0.5, 0.6) is 0 Å². The molecular formula is C30H57Br3N2O8. The second-order valence-corrected chi connectivity index (χ2v) is 19.5. The fourth-order valence-electron chi connectivity index (χ4n) is 1.99. The molecule has 2 unspecified atom stereocenters. The van der Waals surface area contributed by atoms with Crippen LogP contribution in [0.1, 0.15) is 111 Å². The van der Waals surface area contributed by atoms with Gasteiger partial charge in [0.05, 0.1) is 33.1 Å². The minimum absolute atomic E-state index is 0.0278. The maximum atomic E-state index is 12.2. The second kappa shape index (κ2) is 18.5. The number of nitrogens with two attached hydrogens (primary N) is 1. The Kier molecular flexibility index (Phi) is 20.2. The van der Waals surface area contributed by atoms with E-state index in [2.05, 4.69) is 53.1 Å². The average Bonchev–Trinajstić information content (AvgIpc) is 2.70. The third-order valence-electron chi connectivity index (χ3n) is 4.09. The van der Waals surface area contributed by atoms with Crippen molar-refractivity contribution in [2.45, 2.75) is 154 Å². The molecule has 0 saturated heterocycles. The first-order valence-electron chi connectivity index (χ1n) is 14.0.